The molecule has 106 valence electrons. The fraction of sp³-hybridized carbons (Fsp3) is 0. The Kier molecular flexibility index (Phi) is 3.68. The molecule has 2 N–H and O–H groups in total. The minimum Gasteiger partial charge on any atom is -0.451 e. The Labute approximate surface area is 129 Å². The Hall–Kier alpha value is -2.24. The molecule has 3 aromatic rings. The molecule has 5 nitrogen and oxygen atoms in total. The van der Waals surface area contributed by atoms with Gasteiger partial charge in [0.25, 0.3) is 5.91 Å². The normalized spacial score (nSPS) is 10.6. The number of nitrogens with zero attached hydrogens (tertiary/aromatic N) is 1. The lowest BCUT2D eigenvalue weighted by molar-refractivity contribution is 0.0997. The van der Waals surface area contributed by atoms with Gasteiger partial charge in [-0.3, -0.25) is 9.89 Å². The molecular formula is C14H9Cl2N3O2. The molecular weight excluding hydrogens is 313 g/mol. The molecule has 0 aliphatic rings. The number of carbonyl (C=O) groups is 1. The van der Waals surface area contributed by atoms with Crippen LogP contribution in [0.4, 0.5) is 5.69 Å². The van der Waals surface area contributed by atoms with Crippen molar-refractivity contribution in [1.29, 1.82) is 0 Å². The Morgan fingerprint density at radius 1 is 1.24 bits per heavy atom. The van der Waals surface area contributed by atoms with Crippen molar-refractivity contribution < 1.29 is 9.21 Å². The van der Waals surface area contributed by atoms with Gasteiger partial charge in [0.05, 0.1) is 16.9 Å². The van der Waals surface area contributed by atoms with Crippen molar-refractivity contribution >= 4 is 34.8 Å². The van der Waals surface area contributed by atoms with E-state index in [0.29, 0.717) is 27.1 Å². The Morgan fingerprint density at radius 2 is 2.10 bits per heavy atom. The zero-order valence-corrected chi connectivity index (χ0v) is 12.1. The predicted octanol–water partition coefficient (Wildman–Crippen LogP) is 4.23. The molecule has 2 aromatic heterocycles. The van der Waals surface area contributed by atoms with E-state index in [1.807, 2.05) is 0 Å². The molecule has 1 amide bonds. The second-order valence-electron chi connectivity index (χ2n) is 4.23. The number of carbonyl (C=O) groups excluding carboxylic acids is 1. The van der Waals surface area contributed by atoms with E-state index in [1.54, 1.807) is 36.5 Å². The molecule has 1 aromatic carbocycles. The summed E-state index contributed by atoms with van der Waals surface area (Å²) in [6.45, 7) is 0. The van der Waals surface area contributed by atoms with Gasteiger partial charge in [0.15, 0.2) is 5.76 Å². The van der Waals surface area contributed by atoms with Crippen LogP contribution < -0.4 is 5.32 Å². The molecule has 0 saturated carbocycles. The zero-order chi connectivity index (χ0) is 14.8. The van der Waals surface area contributed by atoms with Crippen molar-refractivity contribution in [2.24, 2.45) is 0 Å². The maximum absolute atomic E-state index is 12.0. The lowest BCUT2D eigenvalue weighted by Crippen LogP contribution is -2.10. The van der Waals surface area contributed by atoms with Crippen LogP contribution in [0.2, 0.25) is 10.0 Å². The molecule has 0 saturated heterocycles. The van der Waals surface area contributed by atoms with Gasteiger partial charge in [-0.15, -0.1) is 0 Å². The van der Waals surface area contributed by atoms with Crippen LogP contribution in [0.3, 0.4) is 0 Å². The summed E-state index contributed by atoms with van der Waals surface area (Å²) in [7, 11) is 0. The van der Waals surface area contributed by atoms with Gasteiger partial charge in [0.2, 0.25) is 0 Å². The minimum absolute atomic E-state index is 0.178. The molecule has 0 spiro atoms. The summed E-state index contributed by atoms with van der Waals surface area (Å²) < 4.78 is 5.53. The standard InChI is InChI=1S/C14H9Cl2N3O2/c15-8-1-2-10(11(16)5-8)12-3-4-13(21-12)14(20)19-9-6-17-18-7-9/h1-7H,(H,17,18)(H,19,20). The topological polar surface area (TPSA) is 70.9 Å². The van der Waals surface area contributed by atoms with Crippen LogP contribution in [0.1, 0.15) is 10.6 Å². The Balaban J connectivity index is 1.84. The van der Waals surface area contributed by atoms with E-state index in [-0.39, 0.29) is 11.7 Å². The summed E-state index contributed by atoms with van der Waals surface area (Å²) in [5.41, 5.74) is 1.23. The molecule has 2 heterocycles. The smallest absolute Gasteiger partial charge is 0.291 e. The maximum Gasteiger partial charge on any atom is 0.291 e. The van der Waals surface area contributed by atoms with Gasteiger partial charge in [-0.05, 0) is 30.3 Å². The van der Waals surface area contributed by atoms with Gasteiger partial charge in [-0.25, -0.2) is 0 Å². The summed E-state index contributed by atoms with van der Waals surface area (Å²) in [6.07, 6.45) is 3.07. The van der Waals surface area contributed by atoms with Crippen LogP contribution in [-0.4, -0.2) is 16.1 Å². The number of aromatic nitrogens is 2. The minimum atomic E-state index is -0.368. The average molecular weight is 322 g/mol. The fourth-order valence-electron chi connectivity index (χ4n) is 1.81. The SMILES string of the molecule is O=C(Nc1cn[nH]c1)c1ccc(-c2ccc(Cl)cc2Cl)o1. The third kappa shape index (κ3) is 2.94. The monoisotopic (exact) mass is 321 g/mol. The van der Waals surface area contributed by atoms with E-state index >= 15 is 0 Å². The lowest BCUT2D eigenvalue weighted by Gasteiger charge is -2.02. The number of aromatic amines is 1. The highest BCUT2D eigenvalue weighted by atomic mass is 35.5. The Bertz CT molecular complexity index is 781. The van der Waals surface area contributed by atoms with Gasteiger partial charge >= 0.3 is 0 Å². The number of hydrogen-bond acceptors (Lipinski definition) is 3. The highest BCUT2D eigenvalue weighted by Gasteiger charge is 2.14. The number of anilines is 1. The third-order valence-corrected chi connectivity index (χ3v) is 3.33. The van der Waals surface area contributed by atoms with E-state index in [9.17, 15) is 4.79 Å². The summed E-state index contributed by atoms with van der Waals surface area (Å²) in [6, 6.07) is 8.32. The van der Waals surface area contributed by atoms with Crippen molar-refractivity contribution in [2.75, 3.05) is 5.32 Å². The summed E-state index contributed by atoms with van der Waals surface area (Å²) in [5.74, 6) is 0.305. The summed E-state index contributed by atoms with van der Waals surface area (Å²) in [5, 5.41) is 9.99. The van der Waals surface area contributed by atoms with E-state index in [4.69, 9.17) is 27.6 Å². The first-order valence-electron chi connectivity index (χ1n) is 5.99. The van der Waals surface area contributed by atoms with E-state index < -0.39 is 0 Å². The Morgan fingerprint density at radius 3 is 2.81 bits per heavy atom. The average Bonchev–Trinajstić information content (AvgIpc) is 3.09. The molecule has 3 rings (SSSR count). The van der Waals surface area contributed by atoms with Crippen LogP contribution in [0.25, 0.3) is 11.3 Å². The molecule has 0 aliphatic heterocycles. The van der Waals surface area contributed by atoms with Gasteiger partial charge in [0.1, 0.15) is 5.76 Å². The molecule has 0 atom stereocenters. The highest BCUT2D eigenvalue weighted by molar-refractivity contribution is 6.36. The molecule has 7 heteroatoms. The molecule has 0 radical (unpaired) electrons. The van der Waals surface area contributed by atoms with Gasteiger partial charge in [-0.2, -0.15) is 5.10 Å². The first kappa shape index (κ1) is 13.7. The quantitative estimate of drug-likeness (QED) is 0.758. The van der Waals surface area contributed by atoms with Crippen molar-refractivity contribution in [3.05, 3.63) is 58.5 Å². The molecule has 0 bridgehead atoms. The highest BCUT2D eigenvalue weighted by Crippen LogP contribution is 2.31. The van der Waals surface area contributed by atoms with Crippen LogP contribution in [-0.2, 0) is 0 Å². The van der Waals surface area contributed by atoms with Crippen LogP contribution >= 0.6 is 23.2 Å². The third-order valence-electron chi connectivity index (χ3n) is 2.78. The van der Waals surface area contributed by atoms with Crippen molar-refractivity contribution in [1.82, 2.24) is 10.2 Å². The summed E-state index contributed by atoms with van der Waals surface area (Å²) >= 11 is 12.0. The second kappa shape index (κ2) is 5.63. The molecule has 21 heavy (non-hydrogen) atoms. The van der Waals surface area contributed by atoms with E-state index in [2.05, 4.69) is 15.5 Å². The van der Waals surface area contributed by atoms with Gasteiger partial charge in [0, 0.05) is 16.8 Å². The number of rotatable bonds is 3. The first-order valence-corrected chi connectivity index (χ1v) is 6.74. The number of furan rings is 1. The predicted molar refractivity (Wildman–Crippen MR) is 80.7 cm³/mol. The molecule has 0 fully saturated rings. The maximum atomic E-state index is 12.0. The van der Waals surface area contributed by atoms with Crippen molar-refractivity contribution in [3.63, 3.8) is 0 Å². The van der Waals surface area contributed by atoms with Crippen LogP contribution in [0.5, 0.6) is 0 Å². The lowest BCUT2D eigenvalue weighted by atomic mass is 10.2. The second-order valence-corrected chi connectivity index (χ2v) is 5.07. The number of nitrogens with one attached hydrogen (secondary N) is 2. The largest absolute Gasteiger partial charge is 0.451 e. The number of halogens is 2. The van der Waals surface area contributed by atoms with Gasteiger partial charge in [-0.1, -0.05) is 23.2 Å². The number of hydrogen-bond donors (Lipinski definition) is 2. The number of benzene rings is 1. The molecule has 0 unspecified atom stereocenters. The number of H-pyrrole nitrogens is 1. The number of amides is 1. The van der Waals surface area contributed by atoms with E-state index in [1.165, 1.54) is 6.20 Å². The summed E-state index contributed by atoms with van der Waals surface area (Å²) in [4.78, 5) is 12.0. The fourth-order valence-corrected chi connectivity index (χ4v) is 2.31. The van der Waals surface area contributed by atoms with Crippen molar-refractivity contribution in [2.45, 2.75) is 0 Å². The first-order chi connectivity index (χ1) is 10.1. The van der Waals surface area contributed by atoms with Gasteiger partial charge < -0.3 is 9.73 Å². The van der Waals surface area contributed by atoms with Crippen LogP contribution in [0, 0.1) is 0 Å². The van der Waals surface area contributed by atoms with Crippen LogP contribution in [0.15, 0.2) is 47.1 Å². The van der Waals surface area contributed by atoms with Crippen molar-refractivity contribution in [3.8, 4) is 11.3 Å². The molecule has 0 aliphatic carbocycles. The zero-order valence-electron chi connectivity index (χ0n) is 10.6. The van der Waals surface area contributed by atoms with E-state index in [0.717, 1.165) is 0 Å².